The molecule has 0 heterocycles. The zero-order valence-corrected chi connectivity index (χ0v) is 9.47. The van der Waals surface area contributed by atoms with Crippen molar-refractivity contribution in [3.63, 3.8) is 0 Å². The molecular weight excluding hydrogens is 158 g/mol. The Morgan fingerprint density at radius 3 is 2.62 bits per heavy atom. The van der Waals surface area contributed by atoms with Crippen LogP contribution in [0.25, 0.3) is 0 Å². The van der Waals surface area contributed by atoms with Gasteiger partial charge in [0, 0.05) is 6.04 Å². The van der Waals surface area contributed by atoms with Gasteiger partial charge in [-0.1, -0.05) is 40.0 Å². The molecule has 1 saturated carbocycles. The van der Waals surface area contributed by atoms with Gasteiger partial charge in [0.2, 0.25) is 0 Å². The maximum atomic E-state index is 3.72. The van der Waals surface area contributed by atoms with Gasteiger partial charge >= 0.3 is 0 Å². The summed E-state index contributed by atoms with van der Waals surface area (Å²) < 4.78 is 0. The molecule has 0 amide bonds. The molecule has 0 aromatic heterocycles. The Labute approximate surface area is 83.3 Å². The molecular formula is C12H25N. The molecule has 1 rings (SSSR count). The van der Waals surface area contributed by atoms with Crippen LogP contribution in [-0.2, 0) is 0 Å². The first-order valence-corrected chi connectivity index (χ1v) is 5.97. The second kappa shape index (κ2) is 5.64. The maximum Gasteiger partial charge on any atom is 0.00928 e. The fourth-order valence-corrected chi connectivity index (χ4v) is 2.12. The van der Waals surface area contributed by atoms with Crippen LogP contribution >= 0.6 is 0 Å². The largest absolute Gasteiger partial charge is 0.313 e. The molecule has 0 aromatic carbocycles. The second-order valence-corrected chi connectivity index (χ2v) is 4.79. The SMILES string of the molecule is CC[C@H](C)CN[C@H]1CCCC[C@@H]1C. The predicted molar refractivity (Wildman–Crippen MR) is 58.9 cm³/mol. The van der Waals surface area contributed by atoms with Crippen molar-refractivity contribution in [3.8, 4) is 0 Å². The molecule has 1 aliphatic carbocycles. The lowest BCUT2D eigenvalue weighted by molar-refractivity contribution is 0.269. The van der Waals surface area contributed by atoms with Crippen molar-refractivity contribution in [1.29, 1.82) is 0 Å². The van der Waals surface area contributed by atoms with E-state index in [1.165, 1.54) is 38.6 Å². The molecule has 0 spiro atoms. The van der Waals surface area contributed by atoms with Crippen molar-refractivity contribution in [2.75, 3.05) is 6.54 Å². The van der Waals surface area contributed by atoms with Gasteiger partial charge < -0.3 is 5.32 Å². The Morgan fingerprint density at radius 2 is 2.00 bits per heavy atom. The van der Waals surface area contributed by atoms with E-state index in [4.69, 9.17) is 0 Å². The number of hydrogen-bond acceptors (Lipinski definition) is 1. The third kappa shape index (κ3) is 3.68. The molecule has 0 aliphatic heterocycles. The van der Waals surface area contributed by atoms with Crippen molar-refractivity contribution in [3.05, 3.63) is 0 Å². The zero-order chi connectivity index (χ0) is 9.68. The van der Waals surface area contributed by atoms with Gasteiger partial charge in [-0.25, -0.2) is 0 Å². The highest BCUT2D eigenvalue weighted by molar-refractivity contribution is 4.78. The summed E-state index contributed by atoms with van der Waals surface area (Å²) in [6.45, 7) is 8.22. The molecule has 1 N–H and O–H groups in total. The summed E-state index contributed by atoms with van der Waals surface area (Å²) in [7, 11) is 0. The van der Waals surface area contributed by atoms with E-state index in [0.717, 1.165) is 17.9 Å². The van der Waals surface area contributed by atoms with Crippen LogP contribution in [0.5, 0.6) is 0 Å². The number of hydrogen-bond donors (Lipinski definition) is 1. The molecule has 0 radical (unpaired) electrons. The van der Waals surface area contributed by atoms with Gasteiger partial charge in [-0.05, 0) is 31.2 Å². The van der Waals surface area contributed by atoms with Gasteiger partial charge in [0.05, 0.1) is 0 Å². The van der Waals surface area contributed by atoms with Gasteiger partial charge in [0.25, 0.3) is 0 Å². The summed E-state index contributed by atoms with van der Waals surface area (Å²) in [5.74, 6) is 1.74. The molecule has 1 aliphatic rings. The third-order valence-electron chi connectivity index (χ3n) is 3.54. The van der Waals surface area contributed by atoms with Gasteiger partial charge in [-0.3, -0.25) is 0 Å². The molecule has 78 valence electrons. The lowest BCUT2D eigenvalue weighted by atomic mass is 9.85. The quantitative estimate of drug-likeness (QED) is 0.706. The van der Waals surface area contributed by atoms with E-state index in [2.05, 4.69) is 26.1 Å². The van der Waals surface area contributed by atoms with Crippen molar-refractivity contribution in [1.82, 2.24) is 5.32 Å². The standard InChI is InChI=1S/C12H25N/c1-4-10(2)9-13-12-8-6-5-7-11(12)3/h10-13H,4-9H2,1-3H3/t10-,11-,12-/m0/s1. The van der Waals surface area contributed by atoms with Crippen molar-refractivity contribution in [2.24, 2.45) is 11.8 Å². The number of nitrogens with one attached hydrogen (secondary N) is 1. The molecule has 1 nitrogen and oxygen atoms in total. The van der Waals surface area contributed by atoms with Gasteiger partial charge in [-0.15, -0.1) is 0 Å². The van der Waals surface area contributed by atoms with Gasteiger partial charge in [0.1, 0.15) is 0 Å². The fourth-order valence-electron chi connectivity index (χ4n) is 2.12. The third-order valence-corrected chi connectivity index (χ3v) is 3.54. The highest BCUT2D eigenvalue weighted by Crippen LogP contribution is 2.23. The van der Waals surface area contributed by atoms with Crippen LogP contribution in [0.4, 0.5) is 0 Å². The van der Waals surface area contributed by atoms with Crippen LogP contribution in [0.3, 0.4) is 0 Å². The molecule has 3 atom stereocenters. The highest BCUT2D eigenvalue weighted by atomic mass is 14.9. The lowest BCUT2D eigenvalue weighted by Crippen LogP contribution is -2.39. The normalized spacial score (nSPS) is 31.6. The molecule has 1 fully saturated rings. The fraction of sp³-hybridized carbons (Fsp3) is 1.00. The van der Waals surface area contributed by atoms with Gasteiger partial charge in [-0.2, -0.15) is 0 Å². The van der Waals surface area contributed by atoms with E-state index in [0.29, 0.717) is 0 Å². The Balaban J connectivity index is 2.18. The lowest BCUT2D eigenvalue weighted by Gasteiger charge is -2.30. The molecule has 0 bridgehead atoms. The van der Waals surface area contributed by atoms with E-state index >= 15 is 0 Å². The summed E-state index contributed by atoms with van der Waals surface area (Å²) in [5.41, 5.74) is 0. The average Bonchev–Trinajstić information content (AvgIpc) is 2.16. The van der Waals surface area contributed by atoms with E-state index in [-0.39, 0.29) is 0 Å². The average molecular weight is 183 g/mol. The Morgan fingerprint density at radius 1 is 1.31 bits per heavy atom. The minimum Gasteiger partial charge on any atom is -0.313 e. The van der Waals surface area contributed by atoms with E-state index < -0.39 is 0 Å². The summed E-state index contributed by atoms with van der Waals surface area (Å²) >= 11 is 0. The second-order valence-electron chi connectivity index (χ2n) is 4.79. The van der Waals surface area contributed by atoms with Gasteiger partial charge in [0.15, 0.2) is 0 Å². The first-order valence-electron chi connectivity index (χ1n) is 5.97. The van der Waals surface area contributed by atoms with E-state index in [1.807, 2.05) is 0 Å². The summed E-state index contributed by atoms with van der Waals surface area (Å²) in [6, 6.07) is 0.808. The summed E-state index contributed by atoms with van der Waals surface area (Å²) in [4.78, 5) is 0. The van der Waals surface area contributed by atoms with Crippen LogP contribution in [0.2, 0.25) is 0 Å². The zero-order valence-electron chi connectivity index (χ0n) is 9.47. The van der Waals surface area contributed by atoms with Crippen molar-refractivity contribution in [2.45, 2.75) is 58.9 Å². The first-order chi connectivity index (χ1) is 6.24. The van der Waals surface area contributed by atoms with Crippen LogP contribution in [0, 0.1) is 11.8 Å². The highest BCUT2D eigenvalue weighted by Gasteiger charge is 2.20. The van der Waals surface area contributed by atoms with E-state index in [1.54, 1.807) is 0 Å². The Kier molecular flexibility index (Phi) is 4.79. The maximum absolute atomic E-state index is 3.72. The minimum absolute atomic E-state index is 0.808. The van der Waals surface area contributed by atoms with Crippen molar-refractivity contribution < 1.29 is 0 Å². The molecule has 13 heavy (non-hydrogen) atoms. The smallest absolute Gasteiger partial charge is 0.00928 e. The first kappa shape index (κ1) is 11.0. The van der Waals surface area contributed by atoms with Crippen molar-refractivity contribution >= 4 is 0 Å². The number of rotatable bonds is 4. The van der Waals surface area contributed by atoms with Crippen LogP contribution in [0.15, 0.2) is 0 Å². The summed E-state index contributed by atoms with van der Waals surface area (Å²) in [5, 5.41) is 3.72. The summed E-state index contributed by atoms with van der Waals surface area (Å²) in [6.07, 6.45) is 7.01. The molecule has 0 saturated heterocycles. The topological polar surface area (TPSA) is 12.0 Å². The molecule has 0 aromatic rings. The van der Waals surface area contributed by atoms with E-state index in [9.17, 15) is 0 Å². The van der Waals surface area contributed by atoms with Crippen LogP contribution in [-0.4, -0.2) is 12.6 Å². The Bertz CT molecular complexity index is 133. The van der Waals surface area contributed by atoms with Crippen LogP contribution < -0.4 is 5.32 Å². The predicted octanol–water partition coefficient (Wildman–Crippen LogP) is 3.20. The molecule has 1 heteroatoms. The minimum atomic E-state index is 0.808. The Hall–Kier alpha value is -0.0400. The van der Waals surface area contributed by atoms with Crippen LogP contribution in [0.1, 0.15) is 52.9 Å². The monoisotopic (exact) mass is 183 g/mol. The molecule has 0 unspecified atom stereocenters.